The fourth-order valence-electron chi connectivity index (χ4n) is 2.55. The quantitative estimate of drug-likeness (QED) is 0.649. The van der Waals surface area contributed by atoms with Gasteiger partial charge in [-0.2, -0.15) is 0 Å². The second-order valence-corrected chi connectivity index (χ2v) is 5.78. The molecule has 1 unspecified atom stereocenters. The SMILES string of the molecule is NC(=O)C(OC(=O)c1ccccc1Nc1ccc(F)cc1)c1ccccc1. The zero-order valence-electron chi connectivity index (χ0n) is 14.3. The third-order valence-corrected chi connectivity index (χ3v) is 3.86. The molecule has 3 rings (SSSR count). The van der Waals surface area contributed by atoms with Crippen LogP contribution in [0.15, 0.2) is 78.9 Å². The Hall–Kier alpha value is -3.67. The van der Waals surface area contributed by atoms with Crippen LogP contribution in [-0.4, -0.2) is 11.9 Å². The lowest BCUT2D eigenvalue weighted by molar-refractivity contribution is -0.127. The van der Waals surface area contributed by atoms with Gasteiger partial charge in [-0.05, 0) is 36.4 Å². The van der Waals surface area contributed by atoms with Crippen LogP contribution in [0.25, 0.3) is 0 Å². The zero-order valence-corrected chi connectivity index (χ0v) is 14.3. The summed E-state index contributed by atoms with van der Waals surface area (Å²) in [6.07, 6.45) is -1.20. The molecule has 0 aliphatic heterocycles. The Morgan fingerprint density at radius 1 is 0.889 bits per heavy atom. The summed E-state index contributed by atoms with van der Waals surface area (Å²) in [5, 5.41) is 3.04. The number of carbonyl (C=O) groups is 2. The van der Waals surface area contributed by atoms with Crippen molar-refractivity contribution in [3.05, 3.63) is 95.8 Å². The Labute approximate surface area is 155 Å². The van der Waals surface area contributed by atoms with Crippen molar-refractivity contribution in [2.75, 3.05) is 5.32 Å². The van der Waals surface area contributed by atoms with Crippen molar-refractivity contribution < 1.29 is 18.7 Å². The van der Waals surface area contributed by atoms with Crippen LogP contribution in [0.4, 0.5) is 15.8 Å². The van der Waals surface area contributed by atoms with Gasteiger partial charge in [0.05, 0.1) is 11.3 Å². The fourth-order valence-corrected chi connectivity index (χ4v) is 2.55. The van der Waals surface area contributed by atoms with Crippen LogP contribution in [0.3, 0.4) is 0 Å². The smallest absolute Gasteiger partial charge is 0.341 e. The molecular formula is C21H17FN2O3. The maximum Gasteiger partial charge on any atom is 0.341 e. The van der Waals surface area contributed by atoms with Crippen molar-refractivity contribution in [2.45, 2.75) is 6.10 Å². The fraction of sp³-hybridized carbons (Fsp3) is 0.0476. The Morgan fingerprint density at radius 2 is 1.52 bits per heavy atom. The van der Waals surface area contributed by atoms with Crippen LogP contribution < -0.4 is 11.1 Å². The second-order valence-electron chi connectivity index (χ2n) is 5.78. The van der Waals surface area contributed by atoms with E-state index in [1.54, 1.807) is 66.7 Å². The third kappa shape index (κ3) is 4.49. The number of primary amides is 1. The van der Waals surface area contributed by atoms with Crippen molar-refractivity contribution >= 4 is 23.3 Å². The predicted octanol–water partition coefficient (Wildman–Crippen LogP) is 3.95. The van der Waals surface area contributed by atoms with E-state index in [0.29, 0.717) is 16.9 Å². The lowest BCUT2D eigenvalue weighted by Crippen LogP contribution is -2.26. The van der Waals surface area contributed by atoms with E-state index < -0.39 is 18.0 Å². The van der Waals surface area contributed by atoms with E-state index >= 15 is 0 Å². The monoisotopic (exact) mass is 364 g/mol. The van der Waals surface area contributed by atoms with Crippen LogP contribution in [0.2, 0.25) is 0 Å². The van der Waals surface area contributed by atoms with Crippen LogP contribution in [-0.2, 0) is 9.53 Å². The first-order valence-electron chi connectivity index (χ1n) is 8.21. The normalized spacial score (nSPS) is 11.4. The topological polar surface area (TPSA) is 81.4 Å². The number of esters is 1. The molecule has 0 saturated heterocycles. The Bertz CT molecular complexity index is 943. The molecule has 6 heteroatoms. The number of nitrogens with one attached hydrogen (secondary N) is 1. The van der Waals surface area contributed by atoms with Crippen LogP contribution in [0.5, 0.6) is 0 Å². The first-order chi connectivity index (χ1) is 13.0. The number of hydrogen-bond acceptors (Lipinski definition) is 4. The minimum absolute atomic E-state index is 0.226. The number of ether oxygens (including phenoxy) is 1. The number of carbonyl (C=O) groups excluding carboxylic acids is 2. The van der Waals surface area contributed by atoms with E-state index in [1.165, 1.54) is 12.1 Å². The summed E-state index contributed by atoms with van der Waals surface area (Å²) in [6.45, 7) is 0. The highest BCUT2D eigenvalue weighted by Gasteiger charge is 2.24. The van der Waals surface area contributed by atoms with Gasteiger partial charge in [-0.25, -0.2) is 9.18 Å². The van der Waals surface area contributed by atoms with E-state index in [-0.39, 0.29) is 11.4 Å². The predicted molar refractivity (Wildman–Crippen MR) is 99.9 cm³/mol. The summed E-state index contributed by atoms with van der Waals surface area (Å²) in [5.41, 5.74) is 7.18. The van der Waals surface area contributed by atoms with Crippen molar-refractivity contribution in [2.24, 2.45) is 5.73 Å². The van der Waals surface area contributed by atoms with Gasteiger partial charge < -0.3 is 15.8 Å². The molecule has 3 aromatic rings. The molecule has 27 heavy (non-hydrogen) atoms. The molecule has 0 saturated carbocycles. The van der Waals surface area contributed by atoms with Gasteiger partial charge in [0, 0.05) is 11.3 Å². The van der Waals surface area contributed by atoms with Gasteiger partial charge in [0.1, 0.15) is 5.82 Å². The molecule has 0 aliphatic rings. The Balaban J connectivity index is 1.84. The van der Waals surface area contributed by atoms with Gasteiger partial charge in [0.15, 0.2) is 0 Å². The second kappa shape index (κ2) is 8.14. The minimum atomic E-state index is -1.20. The largest absolute Gasteiger partial charge is 0.444 e. The van der Waals surface area contributed by atoms with Crippen LogP contribution in [0.1, 0.15) is 22.0 Å². The van der Waals surface area contributed by atoms with Gasteiger partial charge in [-0.1, -0.05) is 42.5 Å². The summed E-state index contributed by atoms with van der Waals surface area (Å²) < 4.78 is 18.4. The highest BCUT2D eigenvalue weighted by Crippen LogP contribution is 2.25. The van der Waals surface area contributed by atoms with Crippen molar-refractivity contribution in [1.29, 1.82) is 0 Å². The van der Waals surface area contributed by atoms with Gasteiger partial charge in [0.25, 0.3) is 5.91 Å². The highest BCUT2D eigenvalue weighted by atomic mass is 19.1. The molecule has 3 N–H and O–H groups in total. The van der Waals surface area contributed by atoms with Crippen LogP contribution >= 0.6 is 0 Å². The molecule has 0 spiro atoms. The van der Waals surface area contributed by atoms with Gasteiger partial charge in [-0.15, -0.1) is 0 Å². The number of anilines is 2. The molecule has 0 fully saturated rings. The molecule has 0 bridgehead atoms. The van der Waals surface area contributed by atoms with E-state index in [2.05, 4.69) is 5.32 Å². The number of amides is 1. The van der Waals surface area contributed by atoms with E-state index in [1.807, 2.05) is 0 Å². The Kier molecular flexibility index (Phi) is 5.47. The average molecular weight is 364 g/mol. The minimum Gasteiger partial charge on any atom is -0.444 e. The number of benzene rings is 3. The first-order valence-corrected chi connectivity index (χ1v) is 8.21. The molecule has 0 heterocycles. The number of nitrogens with two attached hydrogens (primary N) is 1. The van der Waals surface area contributed by atoms with Crippen molar-refractivity contribution in [1.82, 2.24) is 0 Å². The standard InChI is InChI=1S/C21H17FN2O3/c22-15-10-12-16(13-11-15)24-18-9-5-4-8-17(18)21(26)27-19(20(23)25)14-6-2-1-3-7-14/h1-13,19,24H,(H2,23,25). The lowest BCUT2D eigenvalue weighted by atomic mass is 10.1. The zero-order chi connectivity index (χ0) is 19.2. The van der Waals surface area contributed by atoms with Gasteiger partial charge in [0.2, 0.25) is 6.10 Å². The van der Waals surface area contributed by atoms with Gasteiger partial charge in [-0.3, -0.25) is 4.79 Å². The molecule has 136 valence electrons. The van der Waals surface area contributed by atoms with Crippen LogP contribution in [0, 0.1) is 5.82 Å². The lowest BCUT2D eigenvalue weighted by Gasteiger charge is -2.17. The summed E-state index contributed by atoms with van der Waals surface area (Å²) in [4.78, 5) is 24.4. The van der Waals surface area contributed by atoms with Gasteiger partial charge >= 0.3 is 5.97 Å². The van der Waals surface area contributed by atoms with E-state index in [9.17, 15) is 14.0 Å². The molecular weight excluding hydrogens is 347 g/mol. The summed E-state index contributed by atoms with van der Waals surface area (Å²) >= 11 is 0. The summed E-state index contributed by atoms with van der Waals surface area (Å²) in [5.74, 6) is -1.83. The summed E-state index contributed by atoms with van der Waals surface area (Å²) in [7, 11) is 0. The highest BCUT2D eigenvalue weighted by molar-refractivity contribution is 5.98. The molecule has 1 atom stereocenters. The number of halogens is 1. The van der Waals surface area contributed by atoms with E-state index in [0.717, 1.165) is 0 Å². The molecule has 0 aliphatic carbocycles. The molecule has 1 amide bonds. The number of hydrogen-bond donors (Lipinski definition) is 2. The molecule has 5 nitrogen and oxygen atoms in total. The average Bonchev–Trinajstić information content (AvgIpc) is 2.68. The number of para-hydroxylation sites is 1. The number of rotatable bonds is 6. The van der Waals surface area contributed by atoms with E-state index in [4.69, 9.17) is 10.5 Å². The summed E-state index contributed by atoms with van der Waals surface area (Å²) in [6, 6.07) is 20.9. The van der Waals surface area contributed by atoms with Crippen molar-refractivity contribution in [3.8, 4) is 0 Å². The maximum atomic E-state index is 13.1. The Morgan fingerprint density at radius 3 is 2.19 bits per heavy atom. The maximum absolute atomic E-state index is 13.1. The molecule has 0 radical (unpaired) electrons. The first kappa shape index (κ1) is 18.1. The molecule has 3 aromatic carbocycles. The molecule has 0 aromatic heterocycles. The third-order valence-electron chi connectivity index (χ3n) is 3.86. The van der Waals surface area contributed by atoms with Crippen molar-refractivity contribution in [3.63, 3.8) is 0 Å².